The molecule has 0 radical (unpaired) electrons. The van der Waals surface area contributed by atoms with Crippen LogP contribution in [0.25, 0.3) is 0 Å². The molecule has 0 atom stereocenters. The summed E-state index contributed by atoms with van der Waals surface area (Å²) in [7, 11) is 0. The molecule has 0 aliphatic carbocycles. The second-order valence-electron chi connectivity index (χ2n) is 3.68. The highest BCUT2D eigenvalue weighted by Gasteiger charge is 2.08. The second-order valence-corrected chi connectivity index (χ2v) is 4.62. The first kappa shape index (κ1) is 13.3. The number of aromatic nitrogens is 3. The second kappa shape index (κ2) is 6.19. The fourth-order valence-electron chi connectivity index (χ4n) is 1.35. The highest BCUT2D eigenvalue weighted by atomic mass is 32.2. The predicted molar refractivity (Wildman–Crippen MR) is 69.1 cm³/mol. The highest BCUT2D eigenvalue weighted by Crippen LogP contribution is 2.12. The molecule has 3 N–H and O–H groups in total. The molecule has 1 aromatic heterocycles. The Balaban J connectivity index is 1.79. The Morgan fingerprint density at radius 2 is 2.26 bits per heavy atom. The van der Waals surface area contributed by atoms with Gasteiger partial charge < -0.3 is 11.2 Å². The molecule has 8 heteroatoms. The van der Waals surface area contributed by atoms with Gasteiger partial charge in [0.1, 0.15) is 12.1 Å². The molecule has 2 aromatic rings. The SMILES string of the molecule is Nn1cnnc1SCC(=O)NCc1ccccc1F. The number of thioether (sulfide) groups is 1. The predicted octanol–water partition coefficient (Wildman–Crippen LogP) is 0.539. The van der Waals surface area contributed by atoms with E-state index in [0.717, 1.165) is 11.8 Å². The van der Waals surface area contributed by atoms with Crippen LogP contribution in [0.1, 0.15) is 5.56 Å². The molecule has 1 heterocycles. The summed E-state index contributed by atoms with van der Waals surface area (Å²) in [6.07, 6.45) is 1.35. The lowest BCUT2D eigenvalue weighted by Crippen LogP contribution is -2.25. The molecule has 100 valence electrons. The van der Waals surface area contributed by atoms with Gasteiger partial charge in [0.25, 0.3) is 0 Å². The van der Waals surface area contributed by atoms with Gasteiger partial charge in [-0.05, 0) is 6.07 Å². The zero-order valence-corrected chi connectivity index (χ0v) is 10.7. The Morgan fingerprint density at radius 1 is 1.47 bits per heavy atom. The summed E-state index contributed by atoms with van der Waals surface area (Å²) >= 11 is 1.16. The molecule has 0 saturated heterocycles. The zero-order valence-electron chi connectivity index (χ0n) is 9.91. The highest BCUT2D eigenvalue weighted by molar-refractivity contribution is 7.99. The summed E-state index contributed by atoms with van der Waals surface area (Å²) in [5.41, 5.74) is 0.447. The lowest BCUT2D eigenvalue weighted by Gasteiger charge is -2.05. The van der Waals surface area contributed by atoms with Crippen molar-refractivity contribution in [2.45, 2.75) is 11.7 Å². The molecule has 0 aliphatic rings. The van der Waals surface area contributed by atoms with Crippen LogP contribution in [0.4, 0.5) is 4.39 Å². The third-order valence-corrected chi connectivity index (χ3v) is 3.26. The number of benzene rings is 1. The Morgan fingerprint density at radius 3 is 2.95 bits per heavy atom. The normalized spacial score (nSPS) is 10.4. The van der Waals surface area contributed by atoms with E-state index < -0.39 is 0 Å². The van der Waals surface area contributed by atoms with E-state index in [4.69, 9.17) is 5.84 Å². The van der Waals surface area contributed by atoms with Gasteiger partial charge in [0.2, 0.25) is 11.1 Å². The monoisotopic (exact) mass is 281 g/mol. The van der Waals surface area contributed by atoms with Crippen molar-refractivity contribution in [1.82, 2.24) is 20.2 Å². The molecule has 6 nitrogen and oxygen atoms in total. The number of carbonyl (C=O) groups is 1. The number of halogens is 1. The first-order valence-corrected chi connectivity index (χ1v) is 6.43. The van der Waals surface area contributed by atoms with Gasteiger partial charge in [-0.1, -0.05) is 30.0 Å². The van der Waals surface area contributed by atoms with Gasteiger partial charge in [-0.3, -0.25) is 4.79 Å². The van der Waals surface area contributed by atoms with Crippen LogP contribution in [0, 0.1) is 5.82 Å². The lowest BCUT2D eigenvalue weighted by molar-refractivity contribution is -0.118. The Hall–Kier alpha value is -2.09. The van der Waals surface area contributed by atoms with Crippen molar-refractivity contribution in [3.63, 3.8) is 0 Å². The van der Waals surface area contributed by atoms with Crippen LogP contribution < -0.4 is 11.2 Å². The maximum atomic E-state index is 13.3. The van der Waals surface area contributed by atoms with Crippen LogP contribution in [0.5, 0.6) is 0 Å². The maximum Gasteiger partial charge on any atom is 0.230 e. The molecule has 0 fully saturated rings. The number of nitrogens with zero attached hydrogens (tertiary/aromatic N) is 3. The third-order valence-electron chi connectivity index (χ3n) is 2.31. The number of nitrogens with one attached hydrogen (secondary N) is 1. The molecular weight excluding hydrogens is 269 g/mol. The fourth-order valence-corrected chi connectivity index (χ4v) is 2.02. The molecule has 0 aliphatic heterocycles. The molecule has 19 heavy (non-hydrogen) atoms. The minimum atomic E-state index is -0.336. The number of rotatable bonds is 5. The smallest absolute Gasteiger partial charge is 0.230 e. The Kier molecular flexibility index (Phi) is 4.35. The van der Waals surface area contributed by atoms with E-state index in [1.165, 1.54) is 17.1 Å². The summed E-state index contributed by atoms with van der Waals surface area (Å²) in [6.45, 7) is 0.154. The van der Waals surface area contributed by atoms with E-state index in [1.54, 1.807) is 18.2 Å². The van der Waals surface area contributed by atoms with Crippen molar-refractivity contribution in [2.75, 3.05) is 11.6 Å². The topological polar surface area (TPSA) is 85.8 Å². The van der Waals surface area contributed by atoms with Crippen molar-refractivity contribution < 1.29 is 9.18 Å². The minimum Gasteiger partial charge on any atom is -0.351 e. The van der Waals surface area contributed by atoms with E-state index in [9.17, 15) is 9.18 Å². The number of nitrogen functional groups attached to an aromatic ring is 1. The van der Waals surface area contributed by atoms with Crippen molar-refractivity contribution in [3.8, 4) is 0 Å². The minimum absolute atomic E-state index is 0.143. The van der Waals surface area contributed by atoms with E-state index in [-0.39, 0.29) is 24.0 Å². The van der Waals surface area contributed by atoms with Crippen molar-refractivity contribution in [3.05, 3.63) is 42.0 Å². The maximum absolute atomic E-state index is 13.3. The van der Waals surface area contributed by atoms with Gasteiger partial charge in [0.05, 0.1) is 5.75 Å². The summed E-state index contributed by atoms with van der Waals surface area (Å²) in [4.78, 5) is 11.6. The average molecular weight is 281 g/mol. The van der Waals surface area contributed by atoms with E-state index in [2.05, 4.69) is 15.5 Å². The van der Waals surface area contributed by atoms with Crippen molar-refractivity contribution in [2.24, 2.45) is 0 Å². The lowest BCUT2D eigenvalue weighted by atomic mass is 10.2. The molecule has 0 spiro atoms. The average Bonchev–Trinajstić information content (AvgIpc) is 2.81. The Labute approximate surface area is 113 Å². The molecule has 0 unspecified atom stereocenters. The molecule has 1 aromatic carbocycles. The quantitative estimate of drug-likeness (QED) is 0.617. The summed E-state index contributed by atoms with van der Waals surface area (Å²) in [6, 6.07) is 6.30. The molecular formula is C11H12FN5OS. The van der Waals surface area contributed by atoms with E-state index >= 15 is 0 Å². The third kappa shape index (κ3) is 3.68. The van der Waals surface area contributed by atoms with Crippen LogP contribution >= 0.6 is 11.8 Å². The van der Waals surface area contributed by atoms with Gasteiger partial charge >= 0.3 is 0 Å². The standard InChI is InChI=1S/C11H12FN5OS/c12-9-4-2-1-3-8(9)5-14-10(18)6-19-11-16-15-7-17(11)13/h1-4,7H,5-6,13H2,(H,14,18). The van der Waals surface area contributed by atoms with Crippen LogP contribution in [-0.4, -0.2) is 26.5 Å². The van der Waals surface area contributed by atoms with E-state index in [0.29, 0.717) is 10.7 Å². The fraction of sp³-hybridized carbons (Fsp3) is 0.182. The Bertz CT molecular complexity index is 574. The molecule has 1 amide bonds. The first-order valence-electron chi connectivity index (χ1n) is 5.45. The number of hydrogen-bond donors (Lipinski definition) is 2. The number of amides is 1. The van der Waals surface area contributed by atoms with Crippen LogP contribution in [0.2, 0.25) is 0 Å². The first-order chi connectivity index (χ1) is 9.16. The van der Waals surface area contributed by atoms with Gasteiger partial charge in [-0.2, -0.15) is 0 Å². The summed E-state index contributed by atoms with van der Waals surface area (Å²) < 4.78 is 14.5. The van der Waals surface area contributed by atoms with Crippen LogP contribution in [-0.2, 0) is 11.3 Å². The van der Waals surface area contributed by atoms with Gasteiger partial charge in [0.15, 0.2) is 0 Å². The van der Waals surface area contributed by atoms with E-state index in [1.807, 2.05) is 0 Å². The van der Waals surface area contributed by atoms with Crippen LogP contribution in [0.3, 0.4) is 0 Å². The number of carbonyl (C=O) groups excluding carboxylic acids is 1. The summed E-state index contributed by atoms with van der Waals surface area (Å²) in [5.74, 6) is 5.08. The van der Waals surface area contributed by atoms with Gasteiger partial charge in [0, 0.05) is 12.1 Å². The van der Waals surface area contributed by atoms with Crippen molar-refractivity contribution in [1.29, 1.82) is 0 Å². The molecule has 0 bridgehead atoms. The number of nitrogens with two attached hydrogens (primary N) is 1. The van der Waals surface area contributed by atoms with Gasteiger partial charge in [-0.25, -0.2) is 9.07 Å². The van der Waals surface area contributed by atoms with Gasteiger partial charge in [-0.15, -0.1) is 10.2 Å². The molecule has 0 saturated carbocycles. The summed E-state index contributed by atoms with van der Waals surface area (Å²) in [5, 5.41) is 10.4. The number of hydrogen-bond acceptors (Lipinski definition) is 5. The van der Waals surface area contributed by atoms with Crippen molar-refractivity contribution >= 4 is 17.7 Å². The largest absolute Gasteiger partial charge is 0.351 e. The zero-order chi connectivity index (χ0) is 13.7. The van der Waals surface area contributed by atoms with Crippen LogP contribution in [0.15, 0.2) is 35.7 Å². The molecule has 2 rings (SSSR count).